The highest BCUT2D eigenvalue weighted by molar-refractivity contribution is 7.85. The molecular formula is C20H20N2O7S. The molecule has 0 aliphatic carbocycles. The van der Waals surface area contributed by atoms with Crippen LogP contribution in [0.2, 0.25) is 0 Å². The Balaban J connectivity index is 0.000000232. The molecule has 3 rings (SSSR count). The van der Waals surface area contributed by atoms with E-state index < -0.39 is 20.0 Å². The summed E-state index contributed by atoms with van der Waals surface area (Å²) in [6.07, 6.45) is 0. The maximum absolute atomic E-state index is 10.5. The topological polar surface area (TPSA) is 141 Å². The molecule has 0 saturated carbocycles. The first kappa shape index (κ1) is 24.4. The molecule has 9 nitrogen and oxygen atoms in total. The maximum atomic E-state index is 10.5. The van der Waals surface area contributed by atoms with Gasteiger partial charge in [0.2, 0.25) is 0 Å². The number of nitro benzene ring substituents is 2. The fraction of sp³-hybridized carbons (Fsp3) is 0.100. The molecule has 0 saturated heterocycles. The van der Waals surface area contributed by atoms with Gasteiger partial charge >= 0.3 is 0 Å². The molecule has 30 heavy (non-hydrogen) atoms. The van der Waals surface area contributed by atoms with Gasteiger partial charge < -0.3 is 0 Å². The molecule has 0 heterocycles. The molecule has 0 unspecified atom stereocenters. The van der Waals surface area contributed by atoms with E-state index in [-0.39, 0.29) is 16.3 Å². The second-order valence-electron chi connectivity index (χ2n) is 5.98. The zero-order valence-electron chi connectivity index (χ0n) is 16.2. The number of nitrogens with zero attached hydrogens (tertiary/aromatic N) is 2. The number of aryl methyl sites for hydroxylation is 2. The Labute approximate surface area is 173 Å². The van der Waals surface area contributed by atoms with Crippen LogP contribution in [-0.4, -0.2) is 22.8 Å². The summed E-state index contributed by atoms with van der Waals surface area (Å²) in [5.74, 6) is 0. The Morgan fingerprint density at radius 3 is 1.47 bits per heavy atom. The van der Waals surface area contributed by atoms with Crippen LogP contribution in [0.25, 0.3) is 0 Å². The van der Waals surface area contributed by atoms with Gasteiger partial charge in [0.15, 0.2) is 0 Å². The van der Waals surface area contributed by atoms with Crippen molar-refractivity contribution in [2.24, 2.45) is 0 Å². The van der Waals surface area contributed by atoms with E-state index in [0.29, 0.717) is 0 Å². The lowest BCUT2D eigenvalue weighted by atomic mass is 10.2. The molecule has 158 valence electrons. The Morgan fingerprint density at radius 2 is 1.13 bits per heavy atom. The van der Waals surface area contributed by atoms with Gasteiger partial charge in [-0.2, -0.15) is 8.42 Å². The Bertz CT molecular complexity index is 1050. The molecule has 10 heteroatoms. The molecule has 0 spiro atoms. The zero-order valence-corrected chi connectivity index (χ0v) is 17.0. The maximum Gasteiger partial charge on any atom is 0.294 e. The summed E-state index contributed by atoms with van der Waals surface area (Å²) in [5, 5.41) is 20.3. The first-order chi connectivity index (χ1) is 14.0. The van der Waals surface area contributed by atoms with E-state index in [4.69, 9.17) is 4.55 Å². The van der Waals surface area contributed by atoms with Crippen LogP contribution in [0.4, 0.5) is 11.4 Å². The van der Waals surface area contributed by atoms with Crippen molar-refractivity contribution in [3.63, 3.8) is 0 Å². The van der Waals surface area contributed by atoms with Gasteiger partial charge in [-0.3, -0.25) is 24.8 Å². The second kappa shape index (κ2) is 11.4. The smallest absolute Gasteiger partial charge is 0.282 e. The van der Waals surface area contributed by atoms with E-state index in [2.05, 4.69) is 19.1 Å². The van der Waals surface area contributed by atoms with Crippen molar-refractivity contribution in [2.75, 3.05) is 0 Å². The molecule has 0 amide bonds. The molecule has 3 aromatic carbocycles. The number of hydrogen-bond acceptors (Lipinski definition) is 6. The van der Waals surface area contributed by atoms with E-state index in [1.807, 2.05) is 25.1 Å². The summed E-state index contributed by atoms with van der Waals surface area (Å²) in [4.78, 5) is 18.9. The van der Waals surface area contributed by atoms with E-state index in [0.717, 1.165) is 11.6 Å². The number of rotatable bonds is 3. The minimum absolute atomic E-state index is 0.0666. The van der Waals surface area contributed by atoms with Crippen molar-refractivity contribution in [3.8, 4) is 0 Å². The molecule has 0 aliphatic rings. The van der Waals surface area contributed by atoms with Gasteiger partial charge in [0.1, 0.15) is 0 Å². The molecule has 0 aliphatic heterocycles. The van der Waals surface area contributed by atoms with Gasteiger partial charge in [0, 0.05) is 12.1 Å². The Hall–Kier alpha value is -3.63. The highest BCUT2D eigenvalue weighted by Gasteiger charge is 2.11. The Kier molecular flexibility index (Phi) is 9.27. The van der Waals surface area contributed by atoms with Crippen molar-refractivity contribution >= 4 is 21.5 Å². The van der Waals surface area contributed by atoms with E-state index >= 15 is 0 Å². The normalized spacial score (nSPS) is 9.97. The molecule has 0 atom stereocenters. The largest absolute Gasteiger partial charge is 0.294 e. The fourth-order valence-electron chi connectivity index (χ4n) is 1.96. The van der Waals surface area contributed by atoms with Crippen molar-refractivity contribution in [3.05, 3.63) is 110 Å². The van der Waals surface area contributed by atoms with E-state index in [1.165, 1.54) is 35.9 Å². The number of benzene rings is 3. The summed E-state index contributed by atoms with van der Waals surface area (Å²) >= 11 is 0. The van der Waals surface area contributed by atoms with Crippen LogP contribution in [-0.2, 0) is 10.1 Å². The molecule has 1 N–H and O–H groups in total. The second-order valence-corrected chi connectivity index (χ2v) is 7.40. The van der Waals surface area contributed by atoms with Crippen molar-refractivity contribution < 1.29 is 22.8 Å². The van der Waals surface area contributed by atoms with Gasteiger partial charge in [-0.05, 0) is 32.0 Å². The quantitative estimate of drug-likeness (QED) is 0.358. The minimum Gasteiger partial charge on any atom is -0.282 e. The predicted molar refractivity (Wildman–Crippen MR) is 112 cm³/mol. The zero-order chi connectivity index (χ0) is 22.7. The standard InChI is InChI=1S/C7H8O3S.C7H8.C6H4N2O4/c1-6-2-4-7(5-3-6)11(8,9)10;1-7-5-3-2-4-6-7;9-7(10)5-2-1-3-6(4-5)8(11)12/h2-5H,1H3,(H,8,9,10);2-6H,1H3;1-4H. The van der Waals surface area contributed by atoms with Crippen LogP contribution in [0.5, 0.6) is 0 Å². The molecule has 0 bridgehead atoms. The number of hydrogen-bond donors (Lipinski definition) is 1. The number of nitro groups is 2. The van der Waals surface area contributed by atoms with Crippen molar-refractivity contribution in [2.45, 2.75) is 18.7 Å². The minimum atomic E-state index is -4.02. The van der Waals surface area contributed by atoms with Gasteiger partial charge in [-0.25, -0.2) is 0 Å². The molecule has 0 radical (unpaired) electrons. The summed E-state index contributed by atoms with van der Waals surface area (Å²) in [6, 6.07) is 20.8. The van der Waals surface area contributed by atoms with Crippen molar-refractivity contribution in [1.29, 1.82) is 0 Å². The van der Waals surface area contributed by atoms with E-state index in [9.17, 15) is 28.6 Å². The average molecular weight is 432 g/mol. The third-order valence-corrected chi connectivity index (χ3v) is 4.38. The number of non-ortho nitro benzene ring substituents is 2. The van der Waals surface area contributed by atoms with Gasteiger partial charge in [-0.1, -0.05) is 53.6 Å². The van der Waals surface area contributed by atoms with Crippen LogP contribution in [0.3, 0.4) is 0 Å². The lowest BCUT2D eigenvalue weighted by molar-refractivity contribution is -0.394. The summed E-state index contributed by atoms with van der Waals surface area (Å²) in [7, 11) is -4.02. The highest BCUT2D eigenvalue weighted by Crippen LogP contribution is 2.18. The summed E-state index contributed by atoms with van der Waals surface area (Å²) in [5.41, 5.74) is 1.73. The summed E-state index contributed by atoms with van der Waals surface area (Å²) in [6.45, 7) is 3.92. The molecule has 0 fully saturated rings. The first-order valence-corrected chi connectivity index (χ1v) is 9.89. The Morgan fingerprint density at radius 1 is 0.700 bits per heavy atom. The monoisotopic (exact) mass is 432 g/mol. The SMILES string of the molecule is Cc1ccc(S(=O)(=O)O)cc1.Cc1ccccc1.O=[N+]([O-])c1cccc([N+](=O)[O-])c1. The van der Waals surface area contributed by atoms with Gasteiger partial charge in [0.25, 0.3) is 21.5 Å². The highest BCUT2D eigenvalue weighted by atomic mass is 32.2. The van der Waals surface area contributed by atoms with Crippen LogP contribution < -0.4 is 0 Å². The predicted octanol–water partition coefficient (Wildman–Crippen LogP) is 4.74. The van der Waals surface area contributed by atoms with Crippen LogP contribution in [0.1, 0.15) is 11.1 Å². The fourth-order valence-corrected chi connectivity index (χ4v) is 2.44. The van der Waals surface area contributed by atoms with Crippen LogP contribution in [0, 0.1) is 34.1 Å². The van der Waals surface area contributed by atoms with Crippen molar-refractivity contribution in [1.82, 2.24) is 0 Å². The van der Waals surface area contributed by atoms with E-state index in [1.54, 1.807) is 12.1 Å². The van der Waals surface area contributed by atoms with Gasteiger partial charge in [-0.15, -0.1) is 0 Å². The molecule has 3 aromatic rings. The first-order valence-electron chi connectivity index (χ1n) is 8.45. The summed E-state index contributed by atoms with van der Waals surface area (Å²) < 4.78 is 29.6. The van der Waals surface area contributed by atoms with Crippen LogP contribution >= 0.6 is 0 Å². The van der Waals surface area contributed by atoms with Gasteiger partial charge in [0.05, 0.1) is 20.8 Å². The third-order valence-electron chi connectivity index (χ3n) is 3.51. The average Bonchev–Trinajstić information content (AvgIpc) is 2.69. The third kappa shape index (κ3) is 9.04. The lowest BCUT2D eigenvalue weighted by Crippen LogP contribution is -1.96. The molecule has 0 aromatic heterocycles. The van der Waals surface area contributed by atoms with Crippen LogP contribution in [0.15, 0.2) is 83.8 Å². The molecular weight excluding hydrogens is 412 g/mol. The lowest BCUT2D eigenvalue weighted by Gasteiger charge is -1.95.